The van der Waals surface area contributed by atoms with Gasteiger partial charge in [0, 0.05) is 19.1 Å². The van der Waals surface area contributed by atoms with Crippen LogP contribution in [-0.4, -0.2) is 55.4 Å². The van der Waals surface area contributed by atoms with E-state index in [4.69, 9.17) is 4.74 Å². The Labute approximate surface area is 231 Å². The maximum Gasteiger partial charge on any atom is 0.261 e. The summed E-state index contributed by atoms with van der Waals surface area (Å²) in [5, 5.41) is 12.1. The molecule has 0 spiro atoms. The van der Waals surface area contributed by atoms with E-state index in [1.54, 1.807) is 6.92 Å². The van der Waals surface area contributed by atoms with Gasteiger partial charge < -0.3 is 19.5 Å². The Morgan fingerprint density at radius 1 is 1.03 bits per heavy atom. The van der Waals surface area contributed by atoms with Gasteiger partial charge in [-0.25, -0.2) is 0 Å². The van der Waals surface area contributed by atoms with Gasteiger partial charge >= 0.3 is 0 Å². The van der Waals surface area contributed by atoms with Crippen molar-refractivity contribution in [1.29, 1.82) is 0 Å². The summed E-state index contributed by atoms with van der Waals surface area (Å²) in [6.07, 6.45) is 12.3. The van der Waals surface area contributed by atoms with Crippen LogP contribution in [0.3, 0.4) is 0 Å². The number of nitrogens with zero attached hydrogens (tertiary/aromatic N) is 4. The van der Waals surface area contributed by atoms with E-state index in [2.05, 4.69) is 27.3 Å². The zero-order valence-electron chi connectivity index (χ0n) is 23.2. The van der Waals surface area contributed by atoms with Gasteiger partial charge in [-0.15, -0.1) is 10.2 Å². The smallest absolute Gasteiger partial charge is 0.261 e. The van der Waals surface area contributed by atoms with Crippen LogP contribution in [0.2, 0.25) is 0 Å². The van der Waals surface area contributed by atoms with Gasteiger partial charge in [0.05, 0.1) is 12.3 Å². The Bertz CT molecular complexity index is 1030. The van der Waals surface area contributed by atoms with Gasteiger partial charge in [0.1, 0.15) is 5.75 Å². The van der Waals surface area contributed by atoms with Crippen LogP contribution in [0, 0.1) is 0 Å². The average Bonchev–Trinajstić information content (AvgIpc) is 3.31. The monoisotopic (exact) mass is 541 g/mol. The molecule has 1 N–H and O–H groups in total. The van der Waals surface area contributed by atoms with E-state index in [-0.39, 0.29) is 18.4 Å². The summed E-state index contributed by atoms with van der Waals surface area (Å²) in [6, 6.07) is 8.57. The van der Waals surface area contributed by atoms with Crippen LogP contribution in [0.5, 0.6) is 5.75 Å². The molecule has 1 aromatic carbocycles. The van der Waals surface area contributed by atoms with Crippen LogP contribution in [0.15, 0.2) is 29.4 Å². The summed E-state index contributed by atoms with van der Waals surface area (Å²) in [7, 11) is 1.88. The van der Waals surface area contributed by atoms with Crippen molar-refractivity contribution < 1.29 is 14.3 Å². The number of aromatic nitrogens is 3. The van der Waals surface area contributed by atoms with Crippen molar-refractivity contribution in [2.45, 2.75) is 114 Å². The van der Waals surface area contributed by atoms with Crippen LogP contribution < -0.4 is 10.1 Å². The quantitative estimate of drug-likeness (QED) is 0.401. The van der Waals surface area contributed by atoms with Crippen LogP contribution in [0.4, 0.5) is 0 Å². The molecule has 2 aromatic rings. The lowest BCUT2D eigenvalue weighted by atomic mass is 9.88. The third kappa shape index (κ3) is 7.52. The summed E-state index contributed by atoms with van der Waals surface area (Å²) in [6.45, 7) is 4.08. The molecule has 9 heteroatoms. The molecule has 0 saturated heterocycles. The molecule has 0 bridgehead atoms. The SMILES string of the molecule is CCc1ccc(O[C@H](C)C(=O)NCc2nnc(SCC(=O)N(C3CCCCC3)C3CCCCC3)n2C)cc1. The van der Waals surface area contributed by atoms with Crippen molar-refractivity contribution in [3.05, 3.63) is 35.7 Å². The first-order chi connectivity index (χ1) is 18.5. The topological polar surface area (TPSA) is 89.3 Å². The van der Waals surface area contributed by atoms with E-state index in [1.807, 2.05) is 35.9 Å². The number of thioether (sulfide) groups is 1. The second-order valence-electron chi connectivity index (χ2n) is 10.6. The van der Waals surface area contributed by atoms with E-state index in [1.165, 1.54) is 55.9 Å². The minimum atomic E-state index is -0.632. The van der Waals surface area contributed by atoms with Gasteiger partial charge in [0.25, 0.3) is 5.91 Å². The highest BCUT2D eigenvalue weighted by Gasteiger charge is 2.32. The predicted octanol–water partition coefficient (Wildman–Crippen LogP) is 5.05. The maximum atomic E-state index is 13.5. The van der Waals surface area contributed by atoms with Crippen LogP contribution in [0.25, 0.3) is 0 Å². The van der Waals surface area contributed by atoms with Gasteiger partial charge in [0.2, 0.25) is 5.91 Å². The highest BCUT2D eigenvalue weighted by Crippen LogP contribution is 2.31. The molecule has 2 aliphatic carbocycles. The molecule has 0 aliphatic heterocycles. The molecule has 0 unspecified atom stereocenters. The fraction of sp³-hybridized carbons (Fsp3) is 0.655. The molecule has 8 nitrogen and oxygen atoms in total. The van der Waals surface area contributed by atoms with Crippen molar-refractivity contribution in [2.24, 2.45) is 7.05 Å². The van der Waals surface area contributed by atoms with Crippen molar-refractivity contribution in [2.75, 3.05) is 5.75 Å². The van der Waals surface area contributed by atoms with Crippen LogP contribution >= 0.6 is 11.8 Å². The second-order valence-corrected chi connectivity index (χ2v) is 11.5. The van der Waals surface area contributed by atoms with E-state index in [9.17, 15) is 9.59 Å². The highest BCUT2D eigenvalue weighted by atomic mass is 32.2. The first-order valence-corrected chi connectivity index (χ1v) is 15.3. The zero-order valence-corrected chi connectivity index (χ0v) is 24.0. The molecule has 2 amide bonds. The van der Waals surface area contributed by atoms with Gasteiger partial charge in [-0.05, 0) is 56.7 Å². The van der Waals surface area contributed by atoms with Gasteiger partial charge in [0.15, 0.2) is 17.1 Å². The number of carbonyl (C=O) groups excluding carboxylic acids is 2. The fourth-order valence-electron chi connectivity index (χ4n) is 5.62. The molecule has 0 radical (unpaired) electrons. The number of rotatable bonds is 11. The molecule has 208 valence electrons. The molecule has 1 atom stereocenters. The number of nitrogens with one attached hydrogen (secondary N) is 1. The summed E-state index contributed by atoms with van der Waals surface area (Å²) in [5.74, 6) is 1.69. The summed E-state index contributed by atoms with van der Waals surface area (Å²) < 4.78 is 7.65. The van der Waals surface area contributed by atoms with E-state index >= 15 is 0 Å². The Morgan fingerprint density at radius 3 is 2.21 bits per heavy atom. The molecule has 2 saturated carbocycles. The van der Waals surface area contributed by atoms with E-state index in [0.29, 0.717) is 34.6 Å². The van der Waals surface area contributed by atoms with Crippen LogP contribution in [-0.2, 0) is 29.6 Å². The Kier molecular flexibility index (Phi) is 10.5. The number of carbonyl (C=O) groups is 2. The van der Waals surface area contributed by atoms with Crippen molar-refractivity contribution in [3.63, 3.8) is 0 Å². The first-order valence-electron chi connectivity index (χ1n) is 14.3. The molecule has 38 heavy (non-hydrogen) atoms. The van der Waals surface area contributed by atoms with E-state index < -0.39 is 6.10 Å². The third-order valence-corrected chi connectivity index (χ3v) is 8.91. The lowest BCUT2D eigenvalue weighted by Crippen LogP contribution is -2.49. The third-order valence-electron chi connectivity index (χ3n) is 7.91. The predicted molar refractivity (Wildman–Crippen MR) is 150 cm³/mol. The Balaban J connectivity index is 1.29. The summed E-state index contributed by atoms with van der Waals surface area (Å²) in [4.78, 5) is 28.3. The average molecular weight is 542 g/mol. The summed E-state index contributed by atoms with van der Waals surface area (Å²) in [5.41, 5.74) is 1.22. The Hall–Kier alpha value is -2.55. The first kappa shape index (κ1) is 28.5. The molecule has 1 heterocycles. The molecular formula is C29H43N5O3S. The van der Waals surface area contributed by atoms with Crippen molar-refractivity contribution >= 4 is 23.6 Å². The minimum Gasteiger partial charge on any atom is -0.481 e. The molecule has 1 aromatic heterocycles. The van der Waals surface area contributed by atoms with Gasteiger partial charge in [-0.2, -0.15) is 0 Å². The zero-order chi connectivity index (χ0) is 26.9. The number of hydrogen-bond acceptors (Lipinski definition) is 6. The largest absolute Gasteiger partial charge is 0.481 e. The van der Waals surface area contributed by atoms with E-state index in [0.717, 1.165) is 32.1 Å². The number of aryl methyl sites for hydroxylation is 1. The fourth-order valence-corrected chi connectivity index (χ4v) is 6.42. The van der Waals surface area contributed by atoms with Gasteiger partial charge in [-0.1, -0.05) is 69.3 Å². The van der Waals surface area contributed by atoms with Gasteiger partial charge in [-0.3, -0.25) is 9.59 Å². The number of ether oxygens (including phenoxy) is 1. The number of hydrogen-bond donors (Lipinski definition) is 1. The molecule has 2 fully saturated rings. The molecular weight excluding hydrogens is 498 g/mol. The lowest BCUT2D eigenvalue weighted by Gasteiger charge is -2.41. The molecule has 4 rings (SSSR count). The Morgan fingerprint density at radius 2 is 1.63 bits per heavy atom. The second kappa shape index (κ2) is 14.0. The normalized spacial score (nSPS) is 17.7. The summed E-state index contributed by atoms with van der Waals surface area (Å²) >= 11 is 1.44. The number of amides is 2. The molecule has 2 aliphatic rings. The van der Waals surface area contributed by atoms with Crippen LogP contribution in [0.1, 0.15) is 89.4 Å². The van der Waals surface area contributed by atoms with Crippen molar-refractivity contribution in [3.8, 4) is 5.75 Å². The number of benzene rings is 1. The maximum absolute atomic E-state index is 13.5. The standard InChI is InChI=1S/C29H43N5O3S/c1-4-22-15-17-25(18-16-22)37-21(2)28(36)30-19-26-31-32-29(33(26)3)38-20-27(35)34(23-11-7-5-8-12-23)24-13-9-6-10-14-24/h15-18,21,23-24H,4-14,19-20H2,1-3H3,(H,30,36)/t21-/m1/s1. The highest BCUT2D eigenvalue weighted by molar-refractivity contribution is 7.99. The van der Waals surface area contributed by atoms with Crippen molar-refractivity contribution in [1.82, 2.24) is 25.0 Å². The minimum absolute atomic E-state index is 0.215. The lowest BCUT2D eigenvalue weighted by molar-refractivity contribution is -0.135.